The van der Waals surface area contributed by atoms with E-state index in [2.05, 4.69) is 45.3 Å². The topological polar surface area (TPSA) is 24.1 Å². The van der Waals surface area contributed by atoms with Gasteiger partial charge in [0.25, 0.3) is 0 Å². The largest absolute Gasteiger partial charge is 0.358 e. The molecule has 19 heavy (non-hydrogen) atoms. The Morgan fingerprint density at radius 3 is 2.11 bits per heavy atom. The highest BCUT2D eigenvalue weighted by atomic mass is 32.1. The number of nitrogens with one attached hydrogen (secondary N) is 2. The summed E-state index contributed by atoms with van der Waals surface area (Å²) in [4.78, 5) is 0. The normalized spacial score (nSPS) is 12.1. The number of hydrogen-bond donors (Lipinski definition) is 2. The minimum Gasteiger partial charge on any atom is -0.358 e. The number of rotatable bonds is 3. The van der Waals surface area contributed by atoms with Crippen molar-refractivity contribution in [2.24, 2.45) is 5.41 Å². The van der Waals surface area contributed by atoms with Gasteiger partial charge in [0.1, 0.15) is 5.82 Å². The molecule has 1 aromatic carbocycles. The van der Waals surface area contributed by atoms with E-state index in [0.717, 1.165) is 12.1 Å². The second-order valence-electron chi connectivity index (χ2n) is 6.71. The molecule has 0 aliphatic carbocycles. The lowest BCUT2D eigenvalue weighted by Crippen LogP contribution is -2.47. The van der Waals surface area contributed by atoms with E-state index in [-0.39, 0.29) is 16.8 Å². The summed E-state index contributed by atoms with van der Waals surface area (Å²) < 4.78 is 12.8. The monoisotopic (exact) mass is 282 g/mol. The third kappa shape index (κ3) is 6.53. The first-order valence-corrected chi connectivity index (χ1v) is 6.83. The van der Waals surface area contributed by atoms with Crippen molar-refractivity contribution in [3.8, 4) is 0 Å². The van der Waals surface area contributed by atoms with E-state index in [0.29, 0.717) is 5.11 Å². The molecule has 0 amide bonds. The molecule has 2 N–H and O–H groups in total. The van der Waals surface area contributed by atoms with E-state index >= 15 is 0 Å². The Morgan fingerprint density at radius 2 is 1.63 bits per heavy atom. The predicted molar refractivity (Wildman–Crippen MR) is 83.9 cm³/mol. The van der Waals surface area contributed by atoms with Crippen molar-refractivity contribution in [2.45, 2.75) is 46.6 Å². The summed E-state index contributed by atoms with van der Waals surface area (Å²) in [5.74, 6) is -0.252. The average molecular weight is 282 g/mol. The Balaban J connectivity index is 2.57. The van der Waals surface area contributed by atoms with Crippen LogP contribution in [0.15, 0.2) is 24.3 Å². The molecule has 0 bridgehead atoms. The van der Waals surface area contributed by atoms with Crippen LogP contribution in [-0.2, 0) is 0 Å². The van der Waals surface area contributed by atoms with Crippen LogP contribution in [0.5, 0.6) is 0 Å². The fraction of sp³-hybridized carbons (Fsp3) is 0.533. The Morgan fingerprint density at radius 1 is 1.11 bits per heavy atom. The third-order valence-corrected chi connectivity index (χ3v) is 2.73. The Labute approximate surface area is 120 Å². The molecule has 4 heteroatoms. The SMILES string of the molecule is CC(C)(C)CC(C)(C)NC(=S)Nc1ccc(F)cc1. The van der Waals surface area contributed by atoms with E-state index in [1.807, 2.05) is 0 Å². The summed E-state index contributed by atoms with van der Waals surface area (Å²) in [5.41, 5.74) is 0.912. The zero-order valence-electron chi connectivity index (χ0n) is 12.3. The molecule has 0 atom stereocenters. The minimum atomic E-state index is -0.252. The van der Waals surface area contributed by atoms with Crippen molar-refractivity contribution in [2.75, 3.05) is 5.32 Å². The van der Waals surface area contributed by atoms with Gasteiger partial charge >= 0.3 is 0 Å². The van der Waals surface area contributed by atoms with Crippen molar-refractivity contribution in [3.63, 3.8) is 0 Å². The van der Waals surface area contributed by atoms with Crippen LogP contribution in [0.2, 0.25) is 0 Å². The van der Waals surface area contributed by atoms with Crippen molar-refractivity contribution in [1.29, 1.82) is 0 Å². The molecule has 0 heterocycles. The lowest BCUT2D eigenvalue weighted by atomic mass is 9.82. The first kappa shape index (κ1) is 15.9. The molecular formula is C15H23FN2S. The molecule has 0 aliphatic rings. The van der Waals surface area contributed by atoms with E-state index in [1.54, 1.807) is 12.1 Å². The maximum Gasteiger partial charge on any atom is 0.171 e. The van der Waals surface area contributed by atoms with Crippen LogP contribution in [0.1, 0.15) is 41.0 Å². The molecule has 0 unspecified atom stereocenters. The van der Waals surface area contributed by atoms with Crippen LogP contribution < -0.4 is 10.6 Å². The molecular weight excluding hydrogens is 259 g/mol. The summed E-state index contributed by atoms with van der Waals surface area (Å²) in [5, 5.41) is 6.92. The first-order valence-electron chi connectivity index (χ1n) is 6.42. The molecule has 0 radical (unpaired) electrons. The molecule has 106 valence electrons. The fourth-order valence-corrected chi connectivity index (χ4v) is 2.77. The van der Waals surface area contributed by atoms with E-state index in [1.165, 1.54) is 12.1 Å². The molecule has 0 saturated heterocycles. The van der Waals surface area contributed by atoms with Gasteiger partial charge in [-0.1, -0.05) is 20.8 Å². The first-order chi connectivity index (χ1) is 8.57. The van der Waals surface area contributed by atoms with Crippen molar-refractivity contribution < 1.29 is 4.39 Å². The van der Waals surface area contributed by atoms with Crippen molar-refractivity contribution in [1.82, 2.24) is 5.32 Å². The zero-order chi connectivity index (χ0) is 14.7. The summed E-state index contributed by atoms with van der Waals surface area (Å²) in [6.45, 7) is 10.8. The van der Waals surface area contributed by atoms with Gasteiger partial charge in [0.05, 0.1) is 0 Å². The van der Waals surface area contributed by atoms with Gasteiger partial charge in [-0.15, -0.1) is 0 Å². The lowest BCUT2D eigenvalue weighted by Gasteiger charge is -2.34. The molecule has 1 rings (SSSR count). The Bertz CT molecular complexity index is 432. The smallest absolute Gasteiger partial charge is 0.171 e. The zero-order valence-corrected chi connectivity index (χ0v) is 13.1. The Hall–Kier alpha value is -1.16. The van der Waals surface area contributed by atoms with Gasteiger partial charge in [-0.25, -0.2) is 4.39 Å². The van der Waals surface area contributed by atoms with E-state index in [4.69, 9.17) is 12.2 Å². The van der Waals surface area contributed by atoms with E-state index in [9.17, 15) is 4.39 Å². The molecule has 1 aromatic rings. The molecule has 0 spiro atoms. The number of halogens is 1. The van der Waals surface area contributed by atoms with Gasteiger partial charge < -0.3 is 10.6 Å². The average Bonchev–Trinajstić information content (AvgIpc) is 2.16. The lowest BCUT2D eigenvalue weighted by molar-refractivity contribution is 0.268. The summed E-state index contributed by atoms with van der Waals surface area (Å²) in [7, 11) is 0. The summed E-state index contributed by atoms with van der Waals surface area (Å²) >= 11 is 5.29. The van der Waals surface area contributed by atoms with E-state index < -0.39 is 0 Å². The van der Waals surface area contributed by atoms with Gasteiger partial charge in [0.15, 0.2) is 5.11 Å². The highest BCUT2D eigenvalue weighted by molar-refractivity contribution is 7.80. The van der Waals surface area contributed by atoms with Crippen LogP contribution in [0.4, 0.5) is 10.1 Å². The summed E-state index contributed by atoms with van der Waals surface area (Å²) in [6.07, 6.45) is 0.991. The van der Waals surface area contributed by atoms with Crippen LogP contribution in [-0.4, -0.2) is 10.7 Å². The van der Waals surface area contributed by atoms with Crippen LogP contribution in [0, 0.1) is 11.2 Å². The molecule has 0 aliphatic heterocycles. The van der Waals surface area contributed by atoms with Gasteiger partial charge in [-0.05, 0) is 62.2 Å². The molecule has 2 nitrogen and oxygen atoms in total. The maximum atomic E-state index is 12.8. The summed E-state index contributed by atoms with van der Waals surface area (Å²) in [6, 6.07) is 6.15. The predicted octanol–water partition coefficient (Wildman–Crippen LogP) is 4.33. The number of hydrogen-bond acceptors (Lipinski definition) is 1. The molecule has 0 saturated carbocycles. The number of anilines is 1. The Kier molecular flexibility index (Phi) is 4.91. The third-order valence-electron chi connectivity index (χ3n) is 2.53. The van der Waals surface area contributed by atoms with Gasteiger partial charge in [-0.2, -0.15) is 0 Å². The van der Waals surface area contributed by atoms with Crippen molar-refractivity contribution >= 4 is 23.0 Å². The van der Waals surface area contributed by atoms with Gasteiger partial charge in [-0.3, -0.25) is 0 Å². The second kappa shape index (κ2) is 5.87. The van der Waals surface area contributed by atoms with Gasteiger partial charge in [0.2, 0.25) is 0 Å². The second-order valence-corrected chi connectivity index (χ2v) is 7.12. The highest BCUT2D eigenvalue weighted by Gasteiger charge is 2.25. The van der Waals surface area contributed by atoms with Crippen LogP contribution >= 0.6 is 12.2 Å². The fourth-order valence-electron chi connectivity index (χ4n) is 2.37. The quantitative estimate of drug-likeness (QED) is 0.807. The van der Waals surface area contributed by atoms with Crippen LogP contribution in [0.25, 0.3) is 0 Å². The van der Waals surface area contributed by atoms with Crippen molar-refractivity contribution in [3.05, 3.63) is 30.1 Å². The molecule has 0 fully saturated rings. The van der Waals surface area contributed by atoms with Gasteiger partial charge in [0, 0.05) is 11.2 Å². The maximum absolute atomic E-state index is 12.8. The van der Waals surface area contributed by atoms with Crippen LogP contribution in [0.3, 0.4) is 0 Å². The standard InChI is InChI=1S/C15H23FN2S/c1-14(2,3)10-15(4,5)18-13(19)17-12-8-6-11(16)7-9-12/h6-9H,10H2,1-5H3,(H2,17,18,19). The molecule has 0 aromatic heterocycles. The number of benzene rings is 1. The minimum absolute atomic E-state index is 0.0949. The number of thiocarbonyl (C=S) groups is 1. The highest BCUT2D eigenvalue weighted by Crippen LogP contribution is 2.26.